The van der Waals surface area contributed by atoms with E-state index < -0.39 is 0 Å². The summed E-state index contributed by atoms with van der Waals surface area (Å²) < 4.78 is 2.45. The lowest BCUT2D eigenvalue weighted by Gasteiger charge is -2.16. The molecule has 13 rings (SSSR count). The van der Waals surface area contributed by atoms with E-state index in [1.54, 1.807) is 0 Å². The molecule has 0 aliphatic heterocycles. The highest BCUT2D eigenvalue weighted by molar-refractivity contribution is 6.10. The predicted octanol–water partition coefficient (Wildman–Crippen LogP) is 15.7. The van der Waals surface area contributed by atoms with Crippen LogP contribution in [0.3, 0.4) is 0 Å². The second kappa shape index (κ2) is 13.4. The molecule has 0 saturated heterocycles. The van der Waals surface area contributed by atoms with E-state index in [1.807, 2.05) is 0 Å². The molecule has 0 spiro atoms. The molecule has 0 N–H and O–H groups in total. The first kappa shape index (κ1) is 34.2. The minimum atomic E-state index is 0.158. The number of rotatable bonds is 5. The van der Waals surface area contributed by atoms with E-state index in [4.69, 9.17) is 0 Å². The summed E-state index contributed by atoms with van der Waals surface area (Å²) in [7, 11) is 0. The van der Waals surface area contributed by atoms with Crippen LogP contribution in [0.1, 0.15) is 33.7 Å². The first-order valence-corrected chi connectivity index (χ1v) is 21.4. The van der Waals surface area contributed by atoms with Gasteiger partial charge >= 0.3 is 0 Å². The maximum absolute atomic E-state index is 2.46. The molecule has 284 valence electrons. The second-order valence-corrected chi connectivity index (χ2v) is 16.8. The third-order valence-corrected chi connectivity index (χ3v) is 13.5. The molecule has 1 unspecified atom stereocenters. The Balaban J connectivity index is 0.887. The first-order valence-electron chi connectivity index (χ1n) is 21.4. The molecule has 2 aliphatic carbocycles. The summed E-state index contributed by atoms with van der Waals surface area (Å²) in [6.07, 6.45) is 0.979. The van der Waals surface area contributed by atoms with Crippen molar-refractivity contribution in [3.05, 3.63) is 246 Å². The summed E-state index contributed by atoms with van der Waals surface area (Å²) in [5.41, 5.74) is 23.4. The second-order valence-electron chi connectivity index (χ2n) is 16.8. The van der Waals surface area contributed by atoms with Crippen molar-refractivity contribution in [3.8, 4) is 61.3 Å². The summed E-state index contributed by atoms with van der Waals surface area (Å²) in [6.45, 7) is 0. The number of hydrogen-bond acceptors (Lipinski definition) is 0. The fourth-order valence-corrected chi connectivity index (χ4v) is 10.6. The minimum Gasteiger partial charge on any atom is -0.309 e. The lowest BCUT2D eigenvalue weighted by Crippen LogP contribution is -1.99. The maximum atomic E-state index is 2.46. The first-order chi connectivity index (χ1) is 30.2. The van der Waals surface area contributed by atoms with Gasteiger partial charge in [0.15, 0.2) is 0 Å². The van der Waals surface area contributed by atoms with Crippen molar-refractivity contribution < 1.29 is 0 Å². The fraction of sp³-hybridized carbons (Fsp3) is 0.0333. The van der Waals surface area contributed by atoms with Crippen molar-refractivity contribution in [2.75, 3.05) is 0 Å². The number of para-hydroxylation sites is 1. The molecule has 1 heteroatoms. The molecule has 0 fully saturated rings. The SMILES string of the molecule is c1ccc2c(c1)Cc1c(-c3ccc(-n4c5ccccc5c5ccc(-c6ccc7c(c6)C(c6ccc(-c8ccc9ccccc9c8)cc6)c6ccccc6-7)cc54)cc3)cccc1-2. The number of benzene rings is 10. The molecule has 0 radical (unpaired) electrons. The minimum absolute atomic E-state index is 0.158. The number of fused-ring (bicyclic) bond motifs is 10. The average Bonchev–Trinajstić information content (AvgIpc) is 3.99. The standard InChI is InChI=1S/C60H39N/c1-2-11-42-34-43(25-22-38(42)10-1)39-20-23-41(24-21-39)60-55-16-6-5-14-51(55)52-32-28-44(35-57(52)60)45-29-33-54-53-15-7-8-19-58(53)61(59(54)37-45)47-30-26-40(27-31-47)48-17-9-18-50-49-13-4-3-12-46(49)36-56(48)50/h1-35,37,60H,36H2. The Morgan fingerprint density at radius 1 is 0.344 bits per heavy atom. The Morgan fingerprint density at radius 2 is 0.967 bits per heavy atom. The van der Waals surface area contributed by atoms with Crippen LogP contribution in [0.5, 0.6) is 0 Å². The lowest BCUT2D eigenvalue weighted by atomic mass is 9.87. The van der Waals surface area contributed by atoms with E-state index in [0.29, 0.717) is 0 Å². The highest BCUT2D eigenvalue weighted by Crippen LogP contribution is 2.50. The van der Waals surface area contributed by atoms with Gasteiger partial charge in [-0.15, -0.1) is 0 Å². The molecule has 0 bridgehead atoms. The summed E-state index contributed by atoms with van der Waals surface area (Å²) in [6, 6.07) is 81.4. The quantitative estimate of drug-likeness (QED) is 0.164. The number of hydrogen-bond donors (Lipinski definition) is 0. The zero-order valence-electron chi connectivity index (χ0n) is 33.5. The van der Waals surface area contributed by atoms with Crippen molar-refractivity contribution >= 4 is 32.6 Å². The topological polar surface area (TPSA) is 4.93 Å². The van der Waals surface area contributed by atoms with Crippen LogP contribution in [0.25, 0.3) is 93.9 Å². The highest BCUT2D eigenvalue weighted by Gasteiger charge is 2.30. The highest BCUT2D eigenvalue weighted by atomic mass is 15.0. The van der Waals surface area contributed by atoms with Gasteiger partial charge in [-0.3, -0.25) is 0 Å². The normalized spacial score (nSPS) is 13.7. The summed E-state index contributed by atoms with van der Waals surface area (Å²) in [4.78, 5) is 0. The van der Waals surface area contributed by atoms with Gasteiger partial charge in [-0.2, -0.15) is 0 Å². The van der Waals surface area contributed by atoms with Crippen LogP contribution in [-0.4, -0.2) is 4.57 Å². The van der Waals surface area contributed by atoms with Gasteiger partial charge in [0.2, 0.25) is 0 Å². The van der Waals surface area contributed by atoms with Crippen LogP contribution in [-0.2, 0) is 6.42 Å². The van der Waals surface area contributed by atoms with Gasteiger partial charge in [0, 0.05) is 22.4 Å². The summed E-state index contributed by atoms with van der Waals surface area (Å²) >= 11 is 0. The smallest absolute Gasteiger partial charge is 0.0547 e. The largest absolute Gasteiger partial charge is 0.309 e. The molecule has 1 heterocycles. The van der Waals surface area contributed by atoms with Crippen LogP contribution in [0, 0.1) is 0 Å². The Morgan fingerprint density at radius 3 is 1.87 bits per heavy atom. The van der Waals surface area contributed by atoms with E-state index in [2.05, 4.69) is 223 Å². The predicted molar refractivity (Wildman–Crippen MR) is 256 cm³/mol. The van der Waals surface area contributed by atoms with E-state index in [0.717, 1.165) is 6.42 Å². The molecule has 61 heavy (non-hydrogen) atoms. The number of aromatic nitrogens is 1. The molecule has 1 atom stereocenters. The Hall–Kier alpha value is -7.74. The van der Waals surface area contributed by atoms with Gasteiger partial charge in [-0.05, 0) is 137 Å². The van der Waals surface area contributed by atoms with Crippen LogP contribution in [0.2, 0.25) is 0 Å². The van der Waals surface area contributed by atoms with Gasteiger partial charge in [-0.1, -0.05) is 182 Å². The van der Waals surface area contributed by atoms with Crippen LogP contribution < -0.4 is 0 Å². The average molecular weight is 774 g/mol. The maximum Gasteiger partial charge on any atom is 0.0547 e. The van der Waals surface area contributed by atoms with Gasteiger partial charge in [-0.25, -0.2) is 0 Å². The van der Waals surface area contributed by atoms with Gasteiger partial charge in [0.1, 0.15) is 0 Å². The Kier molecular flexibility index (Phi) is 7.50. The third kappa shape index (κ3) is 5.34. The molecule has 0 amide bonds. The molecule has 0 saturated carbocycles. The van der Waals surface area contributed by atoms with E-state index in [-0.39, 0.29) is 5.92 Å². The van der Waals surface area contributed by atoms with Crippen molar-refractivity contribution in [2.24, 2.45) is 0 Å². The molecule has 1 aromatic heterocycles. The molecule has 2 aliphatic rings. The van der Waals surface area contributed by atoms with Gasteiger partial charge in [0.25, 0.3) is 0 Å². The van der Waals surface area contributed by atoms with Gasteiger partial charge in [0.05, 0.1) is 11.0 Å². The molecule has 11 aromatic rings. The summed E-state index contributed by atoms with van der Waals surface area (Å²) in [5, 5.41) is 5.07. The molecular weight excluding hydrogens is 735 g/mol. The molecular formula is C60H39N. The molecule has 10 aromatic carbocycles. The summed E-state index contributed by atoms with van der Waals surface area (Å²) in [5.74, 6) is 0.158. The molecule has 1 nitrogen and oxygen atoms in total. The van der Waals surface area contributed by atoms with Gasteiger partial charge < -0.3 is 4.57 Å². The zero-order valence-corrected chi connectivity index (χ0v) is 33.5. The van der Waals surface area contributed by atoms with E-state index in [9.17, 15) is 0 Å². The number of nitrogens with zero attached hydrogens (tertiary/aromatic N) is 1. The van der Waals surface area contributed by atoms with Crippen molar-refractivity contribution in [3.63, 3.8) is 0 Å². The van der Waals surface area contributed by atoms with Crippen molar-refractivity contribution in [1.29, 1.82) is 0 Å². The van der Waals surface area contributed by atoms with Crippen LogP contribution in [0.15, 0.2) is 218 Å². The van der Waals surface area contributed by atoms with Crippen LogP contribution >= 0.6 is 0 Å². The van der Waals surface area contributed by atoms with Crippen molar-refractivity contribution in [1.82, 2.24) is 4.57 Å². The Labute approximate surface area is 355 Å². The lowest BCUT2D eigenvalue weighted by molar-refractivity contribution is 1.02. The van der Waals surface area contributed by atoms with Crippen molar-refractivity contribution in [2.45, 2.75) is 12.3 Å². The fourth-order valence-electron chi connectivity index (χ4n) is 10.6. The Bertz CT molecular complexity index is 3550. The van der Waals surface area contributed by atoms with E-state index in [1.165, 1.54) is 122 Å². The zero-order chi connectivity index (χ0) is 40.0. The third-order valence-electron chi connectivity index (χ3n) is 13.5. The van der Waals surface area contributed by atoms with Crippen LogP contribution in [0.4, 0.5) is 0 Å². The van der Waals surface area contributed by atoms with E-state index >= 15 is 0 Å². The monoisotopic (exact) mass is 773 g/mol.